The topological polar surface area (TPSA) is 54.6 Å². The molecule has 0 N–H and O–H groups in total. The third-order valence-corrected chi connectivity index (χ3v) is 19.9. The maximum atomic E-state index is 8.09. The Bertz CT molecular complexity index is 5120. The van der Waals surface area contributed by atoms with Gasteiger partial charge in [-0.25, -0.2) is 0 Å². The summed E-state index contributed by atoms with van der Waals surface area (Å²) >= 11 is 3.70. The molecule has 2 spiro atoms. The van der Waals surface area contributed by atoms with Gasteiger partial charge in [0.05, 0.1) is 23.1 Å². The third kappa shape index (κ3) is 5.22. The zero-order chi connectivity index (χ0) is 51.3. The first-order valence-corrected chi connectivity index (χ1v) is 28.5. The molecule has 79 heavy (non-hydrogen) atoms. The van der Waals surface area contributed by atoms with Gasteiger partial charge in [-0.1, -0.05) is 146 Å². The molecular weight excluding hydrogens is 1010 g/mol. The number of hydrogen-bond acceptors (Lipinski definition) is 6. The highest BCUT2D eigenvalue weighted by Crippen LogP contribution is 2.68. The van der Waals surface area contributed by atoms with Crippen LogP contribution in [0.15, 0.2) is 239 Å². The first-order chi connectivity index (χ1) is 39.2. The minimum atomic E-state index is -1.07. The molecule has 8 heteroatoms. The van der Waals surface area contributed by atoms with Gasteiger partial charge < -0.3 is 22.9 Å². The molecule has 0 saturated carbocycles. The van der Waals surface area contributed by atoms with Crippen molar-refractivity contribution in [3.8, 4) is 28.9 Å². The number of thiophene rings is 2. The molecule has 0 radical (unpaired) electrons. The molecule has 2 aliphatic heterocycles. The minimum absolute atomic E-state index is 0.468. The van der Waals surface area contributed by atoms with E-state index in [0.717, 1.165) is 95.7 Å². The zero-order valence-electron chi connectivity index (χ0n) is 42.0. The minimum Gasteiger partial charge on any atom is -0.462 e. The molecule has 0 amide bonds. The van der Waals surface area contributed by atoms with E-state index >= 15 is 0 Å². The van der Waals surface area contributed by atoms with Crippen LogP contribution in [0.3, 0.4) is 0 Å². The second-order valence-electron chi connectivity index (χ2n) is 21.3. The molecule has 0 atom stereocenters. The number of rotatable bonds is 3. The molecule has 6 aromatic heterocycles. The molecule has 0 unspecified atom stereocenters. The Morgan fingerprint density at radius 3 is 1.33 bits per heavy atom. The van der Waals surface area contributed by atoms with Crippen molar-refractivity contribution in [3.63, 3.8) is 0 Å². The van der Waals surface area contributed by atoms with Crippen LogP contribution in [-0.2, 0) is 17.4 Å². The van der Waals surface area contributed by atoms with E-state index in [-0.39, 0.29) is 0 Å². The number of ether oxygens (including phenoxy) is 2. The van der Waals surface area contributed by atoms with E-state index in [1.54, 1.807) is 0 Å². The summed E-state index contributed by atoms with van der Waals surface area (Å²) in [7, 11) is 0. The smallest absolute Gasteiger partial charge is 0.205 e. The van der Waals surface area contributed by atoms with Crippen molar-refractivity contribution in [3.05, 3.63) is 281 Å². The standard InChI is InChI=1S/C71H40N2O4S2/c1-9-25-51-41(17-1)64-53(33-35-61-66(64)43-19-3-15-31-59(43)78-61)72(51)39-40-37-49-68(74-40)71(47-23-7-13-29-57(47)76-58-30-14-8-24-48(58)71)50-38-63(77-69(50)70(49)45-21-5-11-27-55(45)75-56-28-12-6-22-46(56)70)73-52-26-10-2-18-42(52)65-54(73)34-36-62-67(65)44-20-4-16-32-60(44)79-62/h1-38H,39H2. The van der Waals surface area contributed by atoms with Gasteiger partial charge in [-0.05, 0) is 78.9 Å². The van der Waals surface area contributed by atoms with Crippen molar-refractivity contribution in [1.82, 2.24) is 9.13 Å². The van der Waals surface area contributed by atoms with E-state index in [4.69, 9.17) is 18.3 Å². The molecule has 6 nitrogen and oxygen atoms in total. The van der Waals surface area contributed by atoms with E-state index in [0.29, 0.717) is 12.4 Å². The summed E-state index contributed by atoms with van der Waals surface area (Å²) < 4.78 is 40.0. The lowest BCUT2D eigenvalue weighted by molar-refractivity contribution is 0.342. The fourth-order valence-electron chi connectivity index (χ4n) is 14.6. The van der Waals surface area contributed by atoms with Gasteiger partial charge in [0.25, 0.3) is 0 Å². The van der Waals surface area contributed by atoms with Crippen LogP contribution in [0.25, 0.3) is 89.8 Å². The van der Waals surface area contributed by atoms with Crippen LogP contribution in [0.1, 0.15) is 50.7 Å². The summed E-state index contributed by atoms with van der Waals surface area (Å²) in [6.07, 6.45) is 0. The van der Waals surface area contributed by atoms with Gasteiger partial charge in [0.1, 0.15) is 51.1 Å². The molecule has 1 aliphatic carbocycles. The Kier molecular flexibility index (Phi) is 8.13. The van der Waals surface area contributed by atoms with E-state index < -0.39 is 10.8 Å². The zero-order valence-corrected chi connectivity index (χ0v) is 43.6. The van der Waals surface area contributed by atoms with Crippen LogP contribution >= 0.6 is 22.7 Å². The van der Waals surface area contributed by atoms with Crippen molar-refractivity contribution in [2.75, 3.05) is 0 Å². The van der Waals surface area contributed by atoms with Crippen LogP contribution in [-0.4, -0.2) is 9.13 Å². The normalized spacial score (nSPS) is 14.5. The van der Waals surface area contributed by atoms with Crippen LogP contribution in [0.5, 0.6) is 23.0 Å². The lowest BCUT2D eigenvalue weighted by atomic mass is 9.54. The van der Waals surface area contributed by atoms with Crippen LogP contribution in [0.4, 0.5) is 0 Å². The molecule has 19 rings (SSSR count). The highest BCUT2D eigenvalue weighted by molar-refractivity contribution is 7.26. The summed E-state index contributed by atoms with van der Waals surface area (Å²) in [5.41, 5.74) is 8.19. The first kappa shape index (κ1) is 42.5. The molecule has 370 valence electrons. The van der Waals surface area contributed by atoms with Gasteiger partial charge in [0.15, 0.2) is 0 Å². The molecule has 10 aromatic carbocycles. The Hall–Kier alpha value is -9.60. The van der Waals surface area contributed by atoms with E-state index in [2.05, 4.69) is 240 Å². The third-order valence-electron chi connectivity index (χ3n) is 17.6. The molecule has 3 aliphatic rings. The van der Waals surface area contributed by atoms with Gasteiger partial charge >= 0.3 is 0 Å². The number of nitrogens with zero attached hydrogens (tertiary/aromatic N) is 2. The maximum Gasteiger partial charge on any atom is 0.205 e. The fourth-order valence-corrected chi connectivity index (χ4v) is 16.8. The van der Waals surface area contributed by atoms with Crippen molar-refractivity contribution >= 4 is 107 Å². The highest BCUT2D eigenvalue weighted by atomic mass is 32.1. The summed E-state index contributed by atoms with van der Waals surface area (Å²) in [6.45, 7) is 0.468. The SMILES string of the molecule is c1ccc2c(c1)Oc1ccccc1C21c2cc(-n3c4ccccc4c4c5c(ccc43)sc3ccccc35)oc2C2(c3ccccc3Oc3ccccc32)c2cc(Cn3c4ccccc4c4c5c(ccc43)sc3ccccc35)oc21. The van der Waals surface area contributed by atoms with E-state index in [1.165, 1.54) is 61.9 Å². The van der Waals surface area contributed by atoms with Gasteiger partial charge in [0.2, 0.25) is 5.88 Å². The molecular formula is C71H40N2O4S2. The fraction of sp³-hybridized carbons (Fsp3) is 0.0423. The number of aromatic nitrogens is 2. The second-order valence-corrected chi connectivity index (χ2v) is 23.5. The number of hydrogen-bond donors (Lipinski definition) is 0. The van der Waals surface area contributed by atoms with Gasteiger partial charge in [-0.15, -0.1) is 22.7 Å². The van der Waals surface area contributed by atoms with Gasteiger partial charge in [-0.2, -0.15) is 0 Å². The Balaban J connectivity index is 0.959. The monoisotopic (exact) mass is 1050 g/mol. The van der Waals surface area contributed by atoms with Crippen molar-refractivity contribution in [2.45, 2.75) is 17.4 Å². The first-order valence-electron chi connectivity index (χ1n) is 26.8. The van der Waals surface area contributed by atoms with Crippen molar-refractivity contribution < 1.29 is 18.3 Å². The number of benzene rings is 10. The largest absolute Gasteiger partial charge is 0.462 e. The number of fused-ring (bicyclic) bond motifs is 28. The van der Waals surface area contributed by atoms with E-state index in [1.807, 2.05) is 22.7 Å². The predicted octanol–water partition coefficient (Wildman–Crippen LogP) is 19.2. The average Bonchev–Trinajstić information content (AvgIpc) is 2.62. The summed E-state index contributed by atoms with van der Waals surface area (Å²) in [5, 5.41) is 9.97. The van der Waals surface area contributed by atoms with E-state index in [9.17, 15) is 0 Å². The Morgan fingerprint density at radius 2 is 0.759 bits per heavy atom. The molecule has 16 aromatic rings. The lowest BCUT2D eigenvalue weighted by Crippen LogP contribution is -2.46. The summed E-state index contributed by atoms with van der Waals surface area (Å²) in [5.74, 6) is 6.21. The van der Waals surface area contributed by atoms with Crippen LogP contribution in [0.2, 0.25) is 0 Å². The quantitative estimate of drug-likeness (QED) is 0.177. The Labute approximate surface area is 458 Å². The summed E-state index contributed by atoms with van der Waals surface area (Å²) in [6, 6.07) is 83.1. The number of furan rings is 2. The highest BCUT2D eigenvalue weighted by Gasteiger charge is 2.63. The predicted molar refractivity (Wildman–Crippen MR) is 320 cm³/mol. The molecule has 0 fully saturated rings. The second kappa shape index (κ2) is 15.1. The number of para-hydroxylation sites is 6. The van der Waals surface area contributed by atoms with Gasteiger partial charge in [0, 0.05) is 107 Å². The van der Waals surface area contributed by atoms with Crippen molar-refractivity contribution in [1.29, 1.82) is 0 Å². The van der Waals surface area contributed by atoms with Gasteiger partial charge in [-0.3, -0.25) is 4.57 Å². The summed E-state index contributed by atoms with van der Waals surface area (Å²) in [4.78, 5) is 0. The average molecular weight is 1050 g/mol. The lowest BCUT2D eigenvalue weighted by Gasteiger charge is -2.48. The molecule has 8 heterocycles. The van der Waals surface area contributed by atoms with Crippen LogP contribution in [0, 0.1) is 0 Å². The Morgan fingerprint density at radius 1 is 0.329 bits per heavy atom. The molecule has 0 saturated heterocycles. The maximum absolute atomic E-state index is 8.09. The molecule has 0 bridgehead atoms. The van der Waals surface area contributed by atoms with Crippen molar-refractivity contribution in [2.24, 2.45) is 0 Å². The van der Waals surface area contributed by atoms with Crippen LogP contribution < -0.4 is 9.47 Å².